The number of halogens is 1. The summed E-state index contributed by atoms with van der Waals surface area (Å²) in [6.07, 6.45) is 2.44. The van der Waals surface area contributed by atoms with Crippen molar-refractivity contribution < 1.29 is 18.6 Å². The van der Waals surface area contributed by atoms with Gasteiger partial charge in [0.25, 0.3) is 5.54 Å². The van der Waals surface area contributed by atoms with Gasteiger partial charge in [0, 0.05) is 24.4 Å². The molecule has 1 atom stereocenters. The number of rotatable bonds is 12. The summed E-state index contributed by atoms with van der Waals surface area (Å²) in [5, 5.41) is 0. The lowest BCUT2D eigenvalue weighted by Gasteiger charge is -2.28. The third-order valence-electron chi connectivity index (χ3n) is 6.13. The highest BCUT2D eigenvalue weighted by atomic mass is 19.1. The molecule has 0 aromatic heterocycles. The van der Waals surface area contributed by atoms with Gasteiger partial charge in [-0.1, -0.05) is 19.9 Å². The van der Waals surface area contributed by atoms with Gasteiger partial charge in [-0.3, -0.25) is 0 Å². The maximum absolute atomic E-state index is 13.6. The molecule has 0 N–H and O–H groups in total. The molecule has 0 saturated heterocycles. The average Bonchev–Trinajstić information content (AvgIpc) is 2.80. The van der Waals surface area contributed by atoms with Gasteiger partial charge >= 0.3 is 0 Å². The van der Waals surface area contributed by atoms with Crippen LogP contribution in [0.25, 0.3) is 4.85 Å². The Morgan fingerprint density at radius 3 is 2.25 bits per heavy atom. The number of hydrogen-bond acceptors (Lipinski definition) is 4. The van der Waals surface area contributed by atoms with Crippen LogP contribution in [0.1, 0.15) is 37.8 Å². The minimum atomic E-state index is -0.620. The molecule has 0 spiro atoms. The van der Waals surface area contributed by atoms with Gasteiger partial charge in [0.15, 0.2) is 23.1 Å². The molecule has 0 amide bonds. The van der Waals surface area contributed by atoms with Crippen molar-refractivity contribution >= 4 is 0 Å². The molecule has 2 aromatic rings. The van der Waals surface area contributed by atoms with Crippen molar-refractivity contribution in [1.29, 1.82) is 0 Å². The number of methoxy groups -OCH3 is 3. The van der Waals surface area contributed by atoms with Crippen LogP contribution in [0.2, 0.25) is 0 Å². The molecule has 174 valence electrons. The molecule has 0 fully saturated rings. The van der Waals surface area contributed by atoms with E-state index in [0.29, 0.717) is 11.5 Å². The van der Waals surface area contributed by atoms with E-state index in [4.69, 9.17) is 20.8 Å². The van der Waals surface area contributed by atoms with E-state index in [1.165, 1.54) is 13.2 Å². The van der Waals surface area contributed by atoms with Crippen LogP contribution < -0.4 is 14.2 Å². The number of nitrogens with zero attached hydrogens (tertiary/aromatic N) is 2. The van der Waals surface area contributed by atoms with E-state index in [9.17, 15) is 4.39 Å². The predicted octanol–water partition coefficient (Wildman–Crippen LogP) is 5.58. The minimum Gasteiger partial charge on any atom is -0.494 e. The second-order valence-electron chi connectivity index (χ2n) is 8.39. The predicted molar refractivity (Wildman–Crippen MR) is 126 cm³/mol. The van der Waals surface area contributed by atoms with E-state index in [-0.39, 0.29) is 17.5 Å². The summed E-state index contributed by atoms with van der Waals surface area (Å²) in [6.45, 7) is 13.9. The van der Waals surface area contributed by atoms with E-state index in [0.717, 1.165) is 43.5 Å². The highest BCUT2D eigenvalue weighted by Crippen LogP contribution is 2.42. The van der Waals surface area contributed by atoms with Crippen LogP contribution in [0.5, 0.6) is 17.2 Å². The zero-order valence-corrected chi connectivity index (χ0v) is 20.1. The standard InChI is InChI=1S/C26H35FN2O3/c1-19(2)26(28-3,21-10-12-23(30-5)25(18-21)32-7)14-8-15-29(4)16-13-20-9-11-22(27)24(17-20)31-6/h9-12,17-19H,8,13-16H2,1-2,4-7H3. The highest BCUT2D eigenvalue weighted by molar-refractivity contribution is 5.46. The summed E-state index contributed by atoms with van der Waals surface area (Å²) < 4.78 is 29.5. The van der Waals surface area contributed by atoms with Gasteiger partial charge in [-0.2, -0.15) is 0 Å². The monoisotopic (exact) mass is 442 g/mol. The molecular weight excluding hydrogens is 407 g/mol. The fourth-order valence-electron chi connectivity index (χ4n) is 4.03. The highest BCUT2D eigenvalue weighted by Gasteiger charge is 2.42. The number of hydrogen-bond donors (Lipinski definition) is 0. The summed E-state index contributed by atoms with van der Waals surface area (Å²) in [5.41, 5.74) is 1.38. The van der Waals surface area contributed by atoms with Gasteiger partial charge in [-0.25, -0.2) is 11.0 Å². The first kappa shape index (κ1) is 25.5. The van der Waals surface area contributed by atoms with E-state index in [2.05, 4.69) is 30.6 Å². The first-order valence-corrected chi connectivity index (χ1v) is 10.9. The van der Waals surface area contributed by atoms with Gasteiger partial charge in [0.05, 0.1) is 21.3 Å². The second kappa shape index (κ2) is 11.7. The average molecular weight is 443 g/mol. The Balaban J connectivity index is 2.03. The molecule has 0 aliphatic rings. The molecule has 0 aliphatic carbocycles. The quantitative estimate of drug-likeness (QED) is 0.402. The first-order chi connectivity index (χ1) is 15.3. The molecule has 0 bridgehead atoms. The van der Waals surface area contributed by atoms with Crippen molar-refractivity contribution in [2.24, 2.45) is 5.92 Å². The molecule has 5 nitrogen and oxygen atoms in total. The molecule has 0 radical (unpaired) electrons. The summed E-state index contributed by atoms with van der Waals surface area (Å²) in [7, 11) is 6.78. The molecule has 32 heavy (non-hydrogen) atoms. The minimum absolute atomic E-state index is 0.148. The van der Waals surface area contributed by atoms with Crippen molar-refractivity contribution in [3.63, 3.8) is 0 Å². The van der Waals surface area contributed by atoms with Crippen LogP contribution in [0, 0.1) is 18.3 Å². The molecule has 0 saturated carbocycles. The fourth-order valence-corrected chi connectivity index (χ4v) is 4.03. The number of likely N-dealkylation sites (N-methyl/N-ethyl adjacent to an activating group) is 1. The molecule has 6 heteroatoms. The largest absolute Gasteiger partial charge is 0.494 e. The Morgan fingerprint density at radius 1 is 0.969 bits per heavy atom. The van der Waals surface area contributed by atoms with Gasteiger partial charge in [-0.15, -0.1) is 0 Å². The van der Waals surface area contributed by atoms with Crippen molar-refractivity contribution in [3.8, 4) is 17.2 Å². The molecular formula is C26H35FN2O3. The third-order valence-corrected chi connectivity index (χ3v) is 6.13. The van der Waals surface area contributed by atoms with E-state index >= 15 is 0 Å². The van der Waals surface area contributed by atoms with Gasteiger partial charge in [-0.05, 0) is 62.3 Å². The van der Waals surface area contributed by atoms with Crippen LogP contribution in [0.15, 0.2) is 36.4 Å². The van der Waals surface area contributed by atoms with Crippen molar-refractivity contribution in [3.05, 3.63) is 64.8 Å². The topological polar surface area (TPSA) is 35.3 Å². The summed E-state index contributed by atoms with van der Waals surface area (Å²) in [4.78, 5) is 6.37. The van der Waals surface area contributed by atoms with Gasteiger partial charge in [0.1, 0.15) is 0 Å². The second-order valence-corrected chi connectivity index (χ2v) is 8.39. The Kier molecular flexibility index (Phi) is 9.34. The Morgan fingerprint density at radius 2 is 1.66 bits per heavy atom. The van der Waals surface area contributed by atoms with E-state index in [1.807, 2.05) is 18.2 Å². The molecule has 2 aromatic carbocycles. The SMILES string of the molecule is [C-]#[N+]C(CCCN(C)CCc1ccc(F)c(OC)c1)(c1ccc(OC)c(OC)c1)C(C)C. The van der Waals surface area contributed by atoms with Crippen LogP contribution in [-0.4, -0.2) is 46.4 Å². The van der Waals surface area contributed by atoms with Gasteiger partial charge < -0.3 is 24.0 Å². The summed E-state index contributed by atoms with van der Waals surface area (Å²) >= 11 is 0. The maximum atomic E-state index is 13.6. The third kappa shape index (κ3) is 5.92. The molecule has 1 unspecified atom stereocenters. The zero-order valence-electron chi connectivity index (χ0n) is 20.1. The molecule has 2 rings (SSSR count). The Hall–Kier alpha value is -2.78. The lowest BCUT2D eigenvalue weighted by molar-refractivity contribution is 0.287. The molecule has 0 heterocycles. The van der Waals surface area contributed by atoms with Crippen molar-refractivity contribution in [1.82, 2.24) is 4.90 Å². The van der Waals surface area contributed by atoms with E-state index in [1.54, 1.807) is 26.4 Å². The summed E-state index contributed by atoms with van der Waals surface area (Å²) in [6, 6.07) is 10.8. The number of ether oxygens (including phenoxy) is 3. The maximum Gasteiger partial charge on any atom is 0.259 e. The smallest absolute Gasteiger partial charge is 0.259 e. The van der Waals surface area contributed by atoms with E-state index < -0.39 is 5.54 Å². The Bertz CT molecular complexity index is 926. The van der Waals surface area contributed by atoms with Crippen LogP contribution in [-0.2, 0) is 12.0 Å². The van der Waals surface area contributed by atoms with Crippen molar-refractivity contribution in [2.75, 3.05) is 41.5 Å². The van der Waals surface area contributed by atoms with Crippen LogP contribution >= 0.6 is 0 Å². The lowest BCUT2D eigenvalue weighted by atomic mass is 9.77. The molecule has 0 aliphatic heterocycles. The lowest BCUT2D eigenvalue weighted by Crippen LogP contribution is -2.31. The first-order valence-electron chi connectivity index (χ1n) is 10.9. The zero-order chi connectivity index (χ0) is 23.7. The summed E-state index contributed by atoms with van der Waals surface area (Å²) in [5.74, 6) is 1.39. The van der Waals surface area contributed by atoms with Crippen LogP contribution in [0.3, 0.4) is 0 Å². The normalized spacial score (nSPS) is 13.0. The fraction of sp³-hybridized carbons (Fsp3) is 0.500. The van der Waals surface area contributed by atoms with Gasteiger partial charge in [0.2, 0.25) is 0 Å². The van der Waals surface area contributed by atoms with Crippen molar-refractivity contribution in [2.45, 2.75) is 38.6 Å². The Labute approximate surface area is 191 Å². The number of benzene rings is 2. The van der Waals surface area contributed by atoms with Crippen LogP contribution in [0.4, 0.5) is 4.39 Å².